The molecule has 0 spiro atoms. The van der Waals surface area contributed by atoms with Gasteiger partial charge in [0.1, 0.15) is 13.3 Å². The Bertz CT molecular complexity index is 446. The molecule has 0 aromatic heterocycles. The molecule has 0 amide bonds. The summed E-state index contributed by atoms with van der Waals surface area (Å²) in [6.07, 6.45) is 0. The fourth-order valence-corrected chi connectivity index (χ4v) is 4.07. The fourth-order valence-electron chi connectivity index (χ4n) is 1.63. The molecule has 0 saturated carbocycles. The summed E-state index contributed by atoms with van der Waals surface area (Å²) in [5, 5.41) is 1.04. The Morgan fingerprint density at radius 1 is 1.19 bits per heavy atom. The van der Waals surface area contributed by atoms with Gasteiger partial charge in [-0.2, -0.15) is 0 Å². The standard InChI is InChI=1S/C10H9N3S3/c14-10-13-7-12(6-11-9(13)15-16-10)8-4-2-1-3-5-8/h1-5H,6-7H2. The van der Waals surface area contributed by atoms with Crippen LogP contribution in [0.3, 0.4) is 0 Å². The van der Waals surface area contributed by atoms with Crippen LogP contribution < -0.4 is 4.90 Å². The second-order valence-electron chi connectivity index (χ2n) is 3.46. The number of para-hydroxylation sites is 1. The Morgan fingerprint density at radius 3 is 2.81 bits per heavy atom. The van der Waals surface area contributed by atoms with Gasteiger partial charge in [-0.25, -0.2) is 4.99 Å². The van der Waals surface area contributed by atoms with Gasteiger partial charge in [-0.1, -0.05) is 30.4 Å². The van der Waals surface area contributed by atoms with Crippen LogP contribution in [0, 0.1) is 0 Å². The van der Waals surface area contributed by atoms with Crippen LogP contribution in [0.4, 0.5) is 5.69 Å². The smallest absolute Gasteiger partial charge is 0.179 e. The second kappa shape index (κ2) is 4.27. The highest BCUT2D eigenvalue weighted by Crippen LogP contribution is 2.38. The molecule has 1 fully saturated rings. The Kier molecular flexibility index (Phi) is 2.79. The lowest BCUT2D eigenvalue weighted by molar-refractivity contribution is 0.572. The summed E-state index contributed by atoms with van der Waals surface area (Å²) in [4.78, 5) is 8.82. The molecule has 0 radical (unpaired) electrons. The van der Waals surface area contributed by atoms with Crippen molar-refractivity contribution in [1.82, 2.24) is 4.90 Å². The molecule has 2 aliphatic rings. The molecule has 16 heavy (non-hydrogen) atoms. The molecule has 1 aromatic carbocycles. The summed E-state index contributed by atoms with van der Waals surface area (Å²) in [5.41, 5.74) is 1.19. The zero-order valence-corrected chi connectivity index (χ0v) is 10.8. The molecule has 1 aromatic rings. The lowest BCUT2D eigenvalue weighted by Gasteiger charge is -2.32. The van der Waals surface area contributed by atoms with E-state index in [2.05, 4.69) is 26.9 Å². The van der Waals surface area contributed by atoms with Crippen LogP contribution in [-0.2, 0) is 0 Å². The van der Waals surface area contributed by atoms with Crippen molar-refractivity contribution in [3.63, 3.8) is 0 Å². The molecule has 0 unspecified atom stereocenters. The summed E-state index contributed by atoms with van der Waals surface area (Å²) >= 11 is 5.28. The predicted molar refractivity (Wildman–Crippen MR) is 75.7 cm³/mol. The van der Waals surface area contributed by atoms with Crippen molar-refractivity contribution in [3.05, 3.63) is 30.3 Å². The van der Waals surface area contributed by atoms with Crippen LogP contribution in [0.15, 0.2) is 35.3 Å². The number of hydrogen-bond acceptors (Lipinski definition) is 5. The third-order valence-electron chi connectivity index (χ3n) is 2.45. The minimum atomic E-state index is 0.714. The molecular formula is C10H9N3S3. The molecule has 0 bridgehead atoms. The van der Waals surface area contributed by atoms with E-state index in [-0.39, 0.29) is 0 Å². The predicted octanol–water partition coefficient (Wildman–Crippen LogP) is 2.76. The van der Waals surface area contributed by atoms with Crippen molar-refractivity contribution in [2.45, 2.75) is 0 Å². The van der Waals surface area contributed by atoms with Gasteiger partial charge < -0.3 is 4.90 Å². The first kappa shape index (κ1) is 10.4. The normalized spacial score (nSPS) is 19.8. The molecule has 2 heterocycles. The van der Waals surface area contributed by atoms with E-state index in [1.54, 1.807) is 21.6 Å². The molecule has 0 N–H and O–H groups in total. The minimum absolute atomic E-state index is 0.714. The number of amidine groups is 1. The molecule has 1 saturated heterocycles. The molecular weight excluding hydrogens is 258 g/mol. The fraction of sp³-hybridized carbons (Fsp3) is 0.200. The topological polar surface area (TPSA) is 18.8 Å². The maximum atomic E-state index is 5.28. The van der Waals surface area contributed by atoms with Gasteiger partial charge in [-0.15, -0.1) is 0 Å². The number of hydrogen-bond donors (Lipinski definition) is 0. The highest BCUT2D eigenvalue weighted by atomic mass is 33.1. The average Bonchev–Trinajstić information content (AvgIpc) is 2.72. The summed E-state index contributed by atoms with van der Waals surface area (Å²) in [6.45, 7) is 1.52. The van der Waals surface area contributed by atoms with Gasteiger partial charge in [0.15, 0.2) is 9.49 Å². The average molecular weight is 267 g/mol. The van der Waals surface area contributed by atoms with Gasteiger partial charge in [0.05, 0.1) is 0 Å². The quantitative estimate of drug-likeness (QED) is 0.574. The van der Waals surface area contributed by atoms with Crippen molar-refractivity contribution >= 4 is 49.0 Å². The molecule has 6 heteroatoms. The molecule has 0 atom stereocenters. The van der Waals surface area contributed by atoms with Gasteiger partial charge >= 0.3 is 0 Å². The van der Waals surface area contributed by atoms with E-state index in [4.69, 9.17) is 12.2 Å². The zero-order chi connectivity index (χ0) is 11.0. The van der Waals surface area contributed by atoms with Crippen LogP contribution in [-0.4, -0.2) is 27.7 Å². The maximum absolute atomic E-state index is 5.28. The summed E-state index contributed by atoms with van der Waals surface area (Å²) in [7, 11) is 3.27. The van der Waals surface area contributed by atoms with Crippen LogP contribution in [0.5, 0.6) is 0 Å². The number of nitrogens with zero attached hydrogens (tertiary/aromatic N) is 3. The first-order valence-electron chi connectivity index (χ1n) is 4.85. The molecule has 3 rings (SSSR count). The third kappa shape index (κ3) is 1.81. The van der Waals surface area contributed by atoms with Crippen LogP contribution in [0.25, 0.3) is 0 Å². The van der Waals surface area contributed by atoms with Crippen LogP contribution in [0.2, 0.25) is 0 Å². The molecule has 0 aliphatic carbocycles. The van der Waals surface area contributed by atoms with Crippen molar-refractivity contribution in [1.29, 1.82) is 0 Å². The number of benzene rings is 1. The molecule has 2 aliphatic heterocycles. The Morgan fingerprint density at radius 2 is 2.00 bits per heavy atom. The van der Waals surface area contributed by atoms with E-state index in [1.807, 2.05) is 18.2 Å². The Labute approximate surface area is 107 Å². The minimum Gasteiger partial charge on any atom is -0.334 e. The number of aliphatic imine (C=N–C) groups is 1. The van der Waals surface area contributed by atoms with E-state index in [1.165, 1.54) is 5.69 Å². The molecule has 82 valence electrons. The highest BCUT2D eigenvalue weighted by molar-refractivity contribution is 8.89. The van der Waals surface area contributed by atoms with Gasteiger partial charge in [-0.3, -0.25) is 4.90 Å². The first-order chi connectivity index (χ1) is 7.84. The van der Waals surface area contributed by atoms with E-state index >= 15 is 0 Å². The van der Waals surface area contributed by atoms with Crippen molar-refractivity contribution in [2.75, 3.05) is 18.2 Å². The van der Waals surface area contributed by atoms with Crippen LogP contribution in [0.1, 0.15) is 0 Å². The Balaban J connectivity index is 1.85. The number of rotatable bonds is 1. The lowest BCUT2D eigenvalue weighted by atomic mass is 10.3. The van der Waals surface area contributed by atoms with Crippen molar-refractivity contribution < 1.29 is 0 Å². The van der Waals surface area contributed by atoms with Gasteiger partial charge in [0.25, 0.3) is 0 Å². The highest BCUT2D eigenvalue weighted by Gasteiger charge is 2.30. The summed E-state index contributed by atoms with van der Waals surface area (Å²) in [5.74, 6) is 0. The monoisotopic (exact) mass is 267 g/mol. The van der Waals surface area contributed by atoms with Crippen molar-refractivity contribution in [2.24, 2.45) is 4.99 Å². The summed E-state index contributed by atoms with van der Waals surface area (Å²) < 4.78 is 0.907. The third-order valence-corrected chi connectivity index (χ3v) is 5.35. The van der Waals surface area contributed by atoms with Gasteiger partial charge in [0.2, 0.25) is 0 Å². The molecule has 3 nitrogen and oxygen atoms in total. The summed E-state index contributed by atoms with van der Waals surface area (Å²) in [6, 6.07) is 10.3. The zero-order valence-electron chi connectivity index (χ0n) is 8.37. The van der Waals surface area contributed by atoms with Crippen molar-refractivity contribution in [3.8, 4) is 0 Å². The van der Waals surface area contributed by atoms with Crippen LogP contribution >= 0.6 is 33.8 Å². The van der Waals surface area contributed by atoms with E-state index in [0.717, 1.165) is 16.2 Å². The Hall–Kier alpha value is -0.720. The number of thiocarbonyl (C=S) groups is 1. The van der Waals surface area contributed by atoms with E-state index in [0.29, 0.717) is 6.67 Å². The van der Waals surface area contributed by atoms with Gasteiger partial charge in [0, 0.05) is 5.69 Å². The number of anilines is 1. The SMILES string of the molecule is S=C1SSC2=NCN(c3ccccc3)CN12. The number of fused-ring (bicyclic) bond motifs is 1. The first-order valence-corrected chi connectivity index (χ1v) is 7.41. The van der Waals surface area contributed by atoms with E-state index < -0.39 is 0 Å². The largest absolute Gasteiger partial charge is 0.334 e. The second-order valence-corrected chi connectivity index (χ2v) is 6.19. The van der Waals surface area contributed by atoms with Gasteiger partial charge in [-0.05, 0) is 33.7 Å². The van der Waals surface area contributed by atoms with E-state index in [9.17, 15) is 0 Å². The maximum Gasteiger partial charge on any atom is 0.179 e. The lowest BCUT2D eigenvalue weighted by Crippen LogP contribution is -2.44.